The fourth-order valence-corrected chi connectivity index (χ4v) is 4.19. The summed E-state index contributed by atoms with van der Waals surface area (Å²) in [5.74, 6) is -0.451. The van der Waals surface area contributed by atoms with Gasteiger partial charge >= 0.3 is 12.2 Å². The highest BCUT2D eigenvalue weighted by Crippen LogP contribution is 2.37. The molecule has 1 heterocycles. The third-order valence-electron chi connectivity index (χ3n) is 5.83. The van der Waals surface area contributed by atoms with E-state index >= 15 is 0 Å². The van der Waals surface area contributed by atoms with Gasteiger partial charge in [-0.15, -0.1) is 0 Å². The predicted octanol–water partition coefficient (Wildman–Crippen LogP) is 6.88. The summed E-state index contributed by atoms with van der Waals surface area (Å²) < 4.78 is 54.6. The molecule has 1 aromatic heterocycles. The van der Waals surface area contributed by atoms with Crippen LogP contribution in [0.15, 0.2) is 97.2 Å². The zero-order chi connectivity index (χ0) is 26.5. The normalized spacial score (nSPS) is 13.0. The van der Waals surface area contributed by atoms with Crippen molar-refractivity contribution in [1.82, 2.24) is 15.6 Å². The minimum atomic E-state index is -4.60. The Kier molecular flexibility index (Phi) is 7.78. The van der Waals surface area contributed by atoms with Gasteiger partial charge in [-0.05, 0) is 53.1 Å². The highest BCUT2D eigenvalue weighted by atomic mass is 35.5. The van der Waals surface area contributed by atoms with E-state index in [1.165, 1.54) is 36.5 Å². The molecular weight excluding hydrogens is 506 g/mol. The molecule has 4 aromatic rings. The van der Waals surface area contributed by atoms with Crippen molar-refractivity contribution in [1.29, 1.82) is 0 Å². The second-order valence-corrected chi connectivity index (χ2v) is 8.88. The van der Waals surface area contributed by atoms with Gasteiger partial charge in [0.15, 0.2) is 0 Å². The number of halogens is 5. The van der Waals surface area contributed by atoms with Crippen molar-refractivity contribution >= 4 is 17.6 Å². The highest BCUT2D eigenvalue weighted by molar-refractivity contribution is 6.30. The Balaban J connectivity index is 1.80. The molecule has 0 fully saturated rings. The van der Waals surface area contributed by atoms with Gasteiger partial charge < -0.3 is 10.6 Å². The maximum Gasteiger partial charge on any atom is 0.416 e. The van der Waals surface area contributed by atoms with Crippen molar-refractivity contribution in [3.05, 3.63) is 136 Å². The predicted molar refractivity (Wildman–Crippen MR) is 133 cm³/mol. The first kappa shape index (κ1) is 26.2. The molecule has 2 amide bonds. The molecular formula is C28H22ClF4N3O. The lowest BCUT2D eigenvalue weighted by atomic mass is 9.80. The first-order chi connectivity index (χ1) is 17.7. The number of carbonyl (C=O) groups excluding carboxylic acids is 1. The fourth-order valence-electron chi connectivity index (χ4n) is 4.08. The maximum atomic E-state index is 13.7. The summed E-state index contributed by atoms with van der Waals surface area (Å²) in [4.78, 5) is 17.6. The summed E-state index contributed by atoms with van der Waals surface area (Å²) in [6, 6.07) is 22.0. The van der Waals surface area contributed by atoms with Crippen molar-refractivity contribution in [3.8, 4) is 0 Å². The van der Waals surface area contributed by atoms with E-state index in [2.05, 4.69) is 15.6 Å². The van der Waals surface area contributed by atoms with Gasteiger partial charge in [-0.2, -0.15) is 13.2 Å². The van der Waals surface area contributed by atoms with Crippen molar-refractivity contribution in [2.75, 3.05) is 0 Å². The Morgan fingerprint density at radius 2 is 1.54 bits per heavy atom. The van der Waals surface area contributed by atoms with Crippen LogP contribution >= 0.6 is 11.6 Å². The number of benzene rings is 3. The molecule has 2 N–H and O–H groups in total. The molecule has 0 aliphatic carbocycles. The quantitative estimate of drug-likeness (QED) is 0.257. The van der Waals surface area contributed by atoms with E-state index in [4.69, 9.17) is 11.6 Å². The zero-order valence-electron chi connectivity index (χ0n) is 19.4. The van der Waals surface area contributed by atoms with Gasteiger partial charge in [-0.1, -0.05) is 66.2 Å². The molecule has 9 heteroatoms. The largest absolute Gasteiger partial charge is 0.416 e. The number of nitrogens with one attached hydrogen (secondary N) is 2. The van der Waals surface area contributed by atoms with E-state index in [0.717, 1.165) is 17.7 Å². The summed E-state index contributed by atoms with van der Waals surface area (Å²) in [6.45, 7) is 0.00163. The van der Waals surface area contributed by atoms with E-state index in [0.29, 0.717) is 16.3 Å². The number of nitrogens with zero attached hydrogens (tertiary/aromatic N) is 1. The summed E-state index contributed by atoms with van der Waals surface area (Å²) in [5.41, 5.74) is -0.616. The van der Waals surface area contributed by atoms with E-state index in [9.17, 15) is 22.4 Å². The molecule has 1 unspecified atom stereocenters. The van der Waals surface area contributed by atoms with Crippen molar-refractivity contribution in [3.63, 3.8) is 0 Å². The number of urea groups is 1. The van der Waals surface area contributed by atoms with E-state index in [1.54, 1.807) is 30.3 Å². The molecule has 4 nitrogen and oxygen atoms in total. The Labute approximate surface area is 216 Å². The monoisotopic (exact) mass is 527 g/mol. The van der Waals surface area contributed by atoms with Crippen LogP contribution < -0.4 is 10.6 Å². The molecule has 0 saturated heterocycles. The second-order valence-electron chi connectivity index (χ2n) is 8.45. The summed E-state index contributed by atoms with van der Waals surface area (Å²) in [6.07, 6.45) is -3.13. The van der Waals surface area contributed by atoms with E-state index in [1.807, 2.05) is 18.2 Å². The summed E-state index contributed by atoms with van der Waals surface area (Å²) >= 11 is 6.05. The average molecular weight is 528 g/mol. The van der Waals surface area contributed by atoms with Gasteiger partial charge in [0.1, 0.15) is 11.4 Å². The minimum Gasteiger partial charge on any atom is -0.334 e. The van der Waals surface area contributed by atoms with Crippen LogP contribution in [0.25, 0.3) is 0 Å². The SMILES string of the molecule is O=C(NCc1cccc(F)c1)NC(Cc1ccccc1)(c1cccc(C(F)(F)F)c1)c1ccc(Cl)cn1. The Bertz CT molecular complexity index is 1360. The molecule has 0 radical (unpaired) electrons. The van der Waals surface area contributed by atoms with Gasteiger partial charge in [-0.3, -0.25) is 4.98 Å². The Morgan fingerprint density at radius 1 is 0.838 bits per heavy atom. The molecule has 0 bridgehead atoms. The smallest absolute Gasteiger partial charge is 0.334 e. The van der Waals surface area contributed by atoms with Crippen LogP contribution in [0.4, 0.5) is 22.4 Å². The van der Waals surface area contributed by atoms with Gasteiger partial charge in [0.25, 0.3) is 0 Å². The number of amides is 2. The molecule has 0 saturated carbocycles. The molecule has 3 aromatic carbocycles. The molecule has 0 spiro atoms. The molecule has 1 atom stereocenters. The summed E-state index contributed by atoms with van der Waals surface area (Å²) in [5, 5.41) is 5.88. The average Bonchev–Trinajstić information content (AvgIpc) is 2.88. The zero-order valence-corrected chi connectivity index (χ0v) is 20.2. The van der Waals surface area contributed by atoms with Crippen molar-refractivity contribution in [2.45, 2.75) is 24.7 Å². The van der Waals surface area contributed by atoms with Gasteiger partial charge in [-0.25, -0.2) is 9.18 Å². The first-order valence-corrected chi connectivity index (χ1v) is 11.7. The topological polar surface area (TPSA) is 54.0 Å². The molecule has 37 heavy (non-hydrogen) atoms. The van der Waals surface area contributed by atoms with Crippen LogP contribution in [0.3, 0.4) is 0 Å². The number of aromatic nitrogens is 1. The number of pyridine rings is 1. The Morgan fingerprint density at radius 3 is 2.22 bits per heavy atom. The van der Waals surface area contributed by atoms with Crippen LogP contribution in [-0.2, 0) is 24.7 Å². The van der Waals surface area contributed by atoms with Crippen LogP contribution in [0.5, 0.6) is 0 Å². The van der Waals surface area contributed by atoms with E-state index in [-0.39, 0.29) is 18.5 Å². The lowest BCUT2D eigenvalue weighted by Crippen LogP contribution is -2.52. The first-order valence-electron chi connectivity index (χ1n) is 11.3. The highest BCUT2D eigenvalue weighted by Gasteiger charge is 2.40. The third-order valence-corrected chi connectivity index (χ3v) is 6.05. The third kappa shape index (κ3) is 6.46. The van der Waals surface area contributed by atoms with Crippen LogP contribution in [-0.4, -0.2) is 11.0 Å². The number of hydrogen-bond donors (Lipinski definition) is 2. The van der Waals surface area contributed by atoms with Crippen LogP contribution in [0, 0.1) is 5.82 Å². The number of hydrogen-bond acceptors (Lipinski definition) is 2. The van der Waals surface area contributed by atoms with Crippen molar-refractivity contribution in [2.24, 2.45) is 0 Å². The van der Waals surface area contributed by atoms with E-state index < -0.39 is 29.1 Å². The summed E-state index contributed by atoms with van der Waals surface area (Å²) in [7, 11) is 0. The van der Waals surface area contributed by atoms with Crippen LogP contribution in [0.2, 0.25) is 5.02 Å². The van der Waals surface area contributed by atoms with Crippen LogP contribution in [0.1, 0.15) is 27.9 Å². The lowest BCUT2D eigenvalue weighted by molar-refractivity contribution is -0.137. The second kappa shape index (κ2) is 11.0. The van der Waals surface area contributed by atoms with Crippen molar-refractivity contribution < 1.29 is 22.4 Å². The lowest BCUT2D eigenvalue weighted by Gasteiger charge is -2.36. The molecule has 0 aliphatic heterocycles. The number of alkyl halides is 3. The number of rotatable bonds is 7. The van der Waals surface area contributed by atoms with Gasteiger partial charge in [0, 0.05) is 19.2 Å². The maximum absolute atomic E-state index is 13.7. The molecule has 0 aliphatic rings. The van der Waals surface area contributed by atoms with Gasteiger partial charge in [0.05, 0.1) is 16.3 Å². The van der Waals surface area contributed by atoms with Gasteiger partial charge in [0.2, 0.25) is 0 Å². The number of carbonyl (C=O) groups is 1. The minimum absolute atomic E-state index is 0.00163. The fraction of sp³-hybridized carbons (Fsp3) is 0.143. The molecule has 4 rings (SSSR count). The Hall–Kier alpha value is -3.91. The molecule has 190 valence electrons. The standard InChI is InChI=1S/C28H22ClF4N3O/c29-23-12-13-25(34-18-23)27(16-19-6-2-1-3-7-19,21-9-5-10-22(15-21)28(31,32)33)36-26(37)35-17-20-8-4-11-24(30)14-20/h1-15,18H,16-17H2,(H2,35,36,37).